The standard InChI is InChI=1S/C26H32N2O2.C22H23FN2O2.C19H16F2N2O2/c1-3-4-5-6-7-8-12-18-26(29)30-25-20-24(22-15-10-9-11-16-22)27-28(25)23-17-13-14-21(2)19-23;1-3-9-18-15-21(25(24-18)19-13-8-12-17(23)14-19)27-22(26)20(4-2)16-10-6-5-7-11-16;1-2-6-14-12-18(23(22-14)15-8-5-7-13(20)11-15)25-19(24)16-9-3-4-10-17(16)21/h9-11,13-17,19-20H,3-8,12,18H2,1-2H3;5-8,10-15,20H,3-4,9H2,1-2H3;3-5,7-12H,2,6H2,1H3. The van der Waals surface area contributed by atoms with Crippen LogP contribution in [0.1, 0.15) is 137 Å². The van der Waals surface area contributed by atoms with E-state index >= 15 is 0 Å². The number of hydrogen-bond acceptors (Lipinski definition) is 9. The Labute approximate surface area is 478 Å². The lowest BCUT2D eigenvalue weighted by atomic mass is 9.97. The first-order chi connectivity index (χ1) is 39.9. The Morgan fingerprint density at radius 3 is 1.56 bits per heavy atom. The topological polar surface area (TPSA) is 132 Å². The third-order valence-corrected chi connectivity index (χ3v) is 13.2. The molecule has 1 unspecified atom stereocenters. The van der Waals surface area contributed by atoms with Crippen LogP contribution in [0.4, 0.5) is 13.2 Å². The van der Waals surface area contributed by atoms with Crippen molar-refractivity contribution in [2.24, 2.45) is 0 Å². The van der Waals surface area contributed by atoms with Crippen LogP contribution in [0.5, 0.6) is 17.6 Å². The van der Waals surface area contributed by atoms with Gasteiger partial charge in [-0.2, -0.15) is 15.3 Å². The fraction of sp³-hybridized carbons (Fsp3) is 0.284. The van der Waals surface area contributed by atoms with Crippen molar-refractivity contribution in [2.75, 3.05) is 0 Å². The zero-order valence-corrected chi connectivity index (χ0v) is 47.3. The minimum Gasteiger partial charge on any atom is -0.407 e. The first-order valence-corrected chi connectivity index (χ1v) is 28.2. The van der Waals surface area contributed by atoms with Crippen molar-refractivity contribution in [1.82, 2.24) is 29.3 Å². The molecular formula is C67H71F3N6O6. The van der Waals surface area contributed by atoms with Gasteiger partial charge in [0.15, 0.2) is 0 Å². The Kier molecular flexibility index (Phi) is 23.1. The summed E-state index contributed by atoms with van der Waals surface area (Å²) in [6.45, 7) is 10.3. The lowest BCUT2D eigenvalue weighted by Gasteiger charge is -2.15. The van der Waals surface area contributed by atoms with Gasteiger partial charge in [0.05, 0.1) is 45.6 Å². The first-order valence-electron chi connectivity index (χ1n) is 28.2. The van der Waals surface area contributed by atoms with Gasteiger partial charge in [0.25, 0.3) is 0 Å². The molecule has 12 nitrogen and oxygen atoms in total. The molecule has 0 saturated carbocycles. The number of unbranched alkanes of at least 4 members (excludes halogenated alkanes) is 6. The van der Waals surface area contributed by atoms with Crippen molar-refractivity contribution in [2.45, 2.75) is 124 Å². The quantitative estimate of drug-likeness (QED) is 0.0453. The molecular weight excluding hydrogens is 1040 g/mol. The molecule has 0 spiro atoms. The summed E-state index contributed by atoms with van der Waals surface area (Å²) in [6.07, 6.45) is 12.5. The van der Waals surface area contributed by atoms with Crippen molar-refractivity contribution in [3.8, 4) is 46.0 Å². The molecule has 0 amide bonds. The zero-order valence-electron chi connectivity index (χ0n) is 47.3. The Morgan fingerprint density at radius 2 is 1.00 bits per heavy atom. The number of aromatic nitrogens is 6. The summed E-state index contributed by atoms with van der Waals surface area (Å²) in [5, 5.41) is 13.6. The highest BCUT2D eigenvalue weighted by molar-refractivity contribution is 5.91. The van der Waals surface area contributed by atoms with Gasteiger partial charge in [-0.25, -0.2) is 32.0 Å². The molecule has 0 aliphatic rings. The second kappa shape index (κ2) is 31.2. The number of aryl methyl sites for hydroxylation is 3. The SMILES string of the molecule is CCCCCCCCCC(=O)Oc1cc(-c2ccccc2)nn1-c1cccc(C)c1.CCCc1cc(OC(=O)C(CC)c2ccccc2)n(-c2cccc(F)c2)n1.CCCc1cc(OC(=O)c2ccccc2F)n(-c2cccc(F)c2)n1. The molecule has 1 atom stereocenters. The molecule has 9 rings (SSSR count). The van der Waals surface area contributed by atoms with Crippen LogP contribution in [0.2, 0.25) is 0 Å². The summed E-state index contributed by atoms with van der Waals surface area (Å²) >= 11 is 0. The van der Waals surface area contributed by atoms with Gasteiger partial charge in [0.2, 0.25) is 17.6 Å². The van der Waals surface area contributed by atoms with Crippen molar-refractivity contribution in [1.29, 1.82) is 0 Å². The molecule has 82 heavy (non-hydrogen) atoms. The summed E-state index contributed by atoms with van der Waals surface area (Å²) in [4.78, 5) is 37.6. The number of carbonyl (C=O) groups excluding carboxylic acids is 3. The molecule has 9 aromatic rings. The zero-order chi connectivity index (χ0) is 58.2. The fourth-order valence-corrected chi connectivity index (χ4v) is 9.01. The Morgan fingerprint density at radius 1 is 0.488 bits per heavy atom. The molecule has 6 aromatic carbocycles. The minimum absolute atomic E-state index is 0.113. The maximum atomic E-state index is 13.8. The van der Waals surface area contributed by atoms with E-state index in [4.69, 9.17) is 19.3 Å². The van der Waals surface area contributed by atoms with Crippen molar-refractivity contribution in [3.63, 3.8) is 0 Å². The van der Waals surface area contributed by atoms with Gasteiger partial charge in [0.1, 0.15) is 17.5 Å². The van der Waals surface area contributed by atoms with E-state index in [9.17, 15) is 27.6 Å². The third-order valence-electron chi connectivity index (χ3n) is 13.2. The molecule has 0 radical (unpaired) electrons. The van der Waals surface area contributed by atoms with Gasteiger partial charge in [-0.1, -0.05) is 176 Å². The predicted molar refractivity (Wildman–Crippen MR) is 313 cm³/mol. The Bertz CT molecular complexity index is 3470. The minimum atomic E-state index is -0.835. The molecule has 426 valence electrons. The van der Waals surface area contributed by atoms with Crippen molar-refractivity contribution in [3.05, 3.63) is 221 Å². The second-order valence-electron chi connectivity index (χ2n) is 19.7. The van der Waals surface area contributed by atoms with Crippen LogP contribution in [-0.2, 0) is 22.4 Å². The highest BCUT2D eigenvalue weighted by atomic mass is 19.1. The average Bonchev–Trinajstić information content (AvgIpc) is 4.24. The number of halogens is 3. The predicted octanol–water partition coefficient (Wildman–Crippen LogP) is 16.3. The monoisotopic (exact) mass is 1110 g/mol. The van der Waals surface area contributed by atoms with E-state index in [2.05, 4.69) is 24.0 Å². The summed E-state index contributed by atoms with van der Waals surface area (Å²) < 4.78 is 62.3. The molecule has 0 N–H and O–H groups in total. The number of benzene rings is 6. The summed E-state index contributed by atoms with van der Waals surface area (Å²) in [5.74, 6) is -2.32. The van der Waals surface area contributed by atoms with Gasteiger partial charge in [-0.05, 0) is 104 Å². The van der Waals surface area contributed by atoms with Crippen LogP contribution in [0.25, 0.3) is 28.3 Å². The summed E-state index contributed by atoms with van der Waals surface area (Å²) in [6, 6.07) is 50.2. The molecule has 0 bridgehead atoms. The van der Waals surface area contributed by atoms with Gasteiger partial charge in [-0.15, -0.1) is 0 Å². The van der Waals surface area contributed by atoms with Crippen LogP contribution in [0.15, 0.2) is 176 Å². The second-order valence-corrected chi connectivity index (χ2v) is 19.7. The normalized spacial score (nSPS) is 11.2. The van der Waals surface area contributed by atoms with E-state index in [0.717, 1.165) is 65.9 Å². The fourth-order valence-electron chi connectivity index (χ4n) is 9.01. The van der Waals surface area contributed by atoms with Gasteiger partial charge >= 0.3 is 17.9 Å². The lowest BCUT2D eigenvalue weighted by molar-refractivity contribution is -0.137. The Hall–Kier alpha value is -8.85. The molecule has 0 aliphatic carbocycles. The third kappa shape index (κ3) is 17.6. The maximum absolute atomic E-state index is 13.8. The number of nitrogens with zero attached hydrogens (tertiary/aromatic N) is 6. The number of hydrogen-bond donors (Lipinski definition) is 0. The van der Waals surface area contributed by atoms with Crippen LogP contribution in [0.3, 0.4) is 0 Å². The molecule has 0 aliphatic heterocycles. The van der Waals surface area contributed by atoms with Gasteiger partial charge in [-0.3, -0.25) is 9.59 Å². The lowest BCUT2D eigenvalue weighted by Crippen LogP contribution is -2.19. The van der Waals surface area contributed by atoms with Crippen LogP contribution in [-0.4, -0.2) is 47.2 Å². The molecule has 0 fully saturated rings. The highest BCUT2D eigenvalue weighted by Crippen LogP contribution is 2.29. The highest BCUT2D eigenvalue weighted by Gasteiger charge is 2.24. The van der Waals surface area contributed by atoms with E-state index in [1.54, 1.807) is 41.1 Å². The van der Waals surface area contributed by atoms with E-state index in [1.165, 1.54) is 90.0 Å². The van der Waals surface area contributed by atoms with E-state index in [-0.39, 0.29) is 35.1 Å². The van der Waals surface area contributed by atoms with E-state index < -0.39 is 17.6 Å². The van der Waals surface area contributed by atoms with Gasteiger partial charge in [0, 0.05) is 30.2 Å². The van der Waals surface area contributed by atoms with Crippen molar-refractivity contribution >= 4 is 17.9 Å². The summed E-state index contributed by atoms with van der Waals surface area (Å²) in [5.41, 5.74) is 6.97. The van der Waals surface area contributed by atoms with Crippen LogP contribution >= 0.6 is 0 Å². The van der Waals surface area contributed by atoms with Gasteiger partial charge < -0.3 is 14.2 Å². The molecule has 15 heteroatoms. The molecule has 0 saturated heterocycles. The largest absolute Gasteiger partial charge is 0.407 e. The molecule has 3 heterocycles. The summed E-state index contributed by atoms with van der Waals surface area (Å²) in [7, 11) is 0. The number of rotatable bonds is 23. The number of esters is 3. The molecule has 3 aromatic heterocycles. The van der Waals surface area contributed by atoms with Crippen LogP contribution in [0, 0.1) is 24.4 Å². The first kappa shape index (κ1) is 60.8. The average molecular weight is 1110 g/mol. The smallest absolute Gasteiger partial charge is 0.347 e. The Balaban J connectivity index is 0.000000178. The number of carbonyl (C=O) groups is 3. The van der Waals surface area contributed by atoms with Crippen molar-refractivity contribution < 1.29 is 41.8 Å². The van der Waals surface area contributed by atoms with E-state index in [0.29, 0.717) is 48.1 Å². The van der Waals surface area contributed by atoms with E-state index in [1.807, 2.05) is 112 Å². The number of ether oxygens (including phenoxy) is 3. The maximum Gasteiger partial charge on any atom is 0.347 e. The van der Waals surface area contributed by atoms with Crippen LogP contribution < -0.4 is 14.2 Å².